The first-order chi connectivity index (χ1) is 7.13. The fourth-order valence-corrected chi connectivity index (χ4v) is 1.69. The van der Waals surface area contributed by atoms with Gasteiger partial charge in [-0.3, -0.25) is 10.4 Å². The Morgan fingerprint density at radius 2 is 2.20 bits per heavy atom. The predicted octanol–water partition coefficient (Wildman–Crippen LogP) is 1.19. The van der Waals surface area contributed by atoms with E-state index in [2.05, 4.69) is 36.2 Å². The van der Waals surface area contributed by atoms with Crippen LogP contribution in [0.2, 0.25) is 0 Å². The summed E-state index contributed by atoms with van der Waals surface area (Å²) in [6.07, 6.45) is 4.09. The highest BCUT2D eigenvalue weighted by atomic mass is 15.4. The fraction of sp³-hybridized carbons (Fsp3) is 0.909. The van der Waals surface area contributed by atoms with E-state index in [-0.39, 0.29) is 0 Å². The Morgan fingerprint density at radius 1 is 1.53 bits per heavy atom. The lowest BCUT2D eigenvalue weighted by Gasteiger charge is -2.31. The molecule has 1 aliphatic carbocycles. The summed E-state index contributed by atoms with van der Waals surface area (Å²) in [5.74, 6) is 7.70. The maximum absolute atomic E-state index is 5.47. The quantitative estimate of drug-likeness (QED) is 0.318. The maximum Gasteiger partial charge on any atom is 0.208 e. The van der Waals surface area contributed by atoms with Gasteiger partial charge in [0.15, 0.2) is 0 Å². The van der Waals surface area contributed by atoms with Crippen molar-refractivity contribution in [1.82, 2.24) is 10.3 Å². The average Bonchev–Trinajstić information content (AvgIpc) is 2.12. The van der Waals surface area contributed by atoms with Crippen molar-refractivity contribution in [3.8, 4) is 0 Å². The number of hydrogen-bond acceptors (Lipinski definition) is 2. The van der Waals surface area contributed by atoms with Crippen LogP contribution in [0.5, 0.6) is 0 Å². The van der Waals surface area contributed by atoms with Crippen molar-refractivity contribution in [2.75, 3.05) is 20.1 Å². The van der Waals surface area contributed by atoms with Gasteiger partial charge >= 0.3 is 0 Å². The smallest absolute Gasteiger partial charge is 0.208 e. The number of hydrogen-bond donors (Lipinski definition) is 2. The summed E-state index contributed by atoms with van der Waals surface area (Å²) in [6.45, 7) is 6.21. The highest BCUT2D eigenvalue weighted by Crippen LogP contribution is 2.26. The molecule has 0 aromatic carbocycles. The van der Waals surface area contributed by atoms with Crippen molar-refractivity contribution >= 4 is 5.96 Å². The number of hydrazine groups is 1. The Bertz CT molecular complexity index is 209. The topological polar surface area (TPSA) is 53.6 Å². The van der Waals surface area contributed by atoms with Crippen LogP contribution in [0.15, 0.2) is 4.99 Å². The third-order valence-electron chi connectivity index (χ3n) is 2.85. The van der Waals surface area contributed by atoms with Gasteiger partial charge in [0, 0.05) is 20.1 Å². The van der Waals surface area contributed by atoms with E-state index in [1.54, 1.807) is 0 Å². The van der Waals surface area contributed by atoms with Gasteiger partial charge in [-0.2, -0.15) is 0 Å². The van der Waals surface area contributed by atoms with Gasteiger partial charge in [0.1, 0.15) is 0 Å². The zero-order chi connectivity index (χ0) is 11.3. The van der Waals surface area contributed by atoms with Crippen LogP contribution in [0.1, 0.15) is 33.1 Å². The minimum absolute atomic E-state index is 0.574. The van der Waals surface area contributed by atoms with E-state index in [0.29, 0.717) is 5.92 Å². The van der Waals surface area contributed by atoms with Crippen LogP contribution < -0.4 is 11.3 Å². The molecule has 4 heteroatoms. The summed E-state index contributed by atoms with van der Waals surface area (Å²) in [5, 5.41) is 0. The molecule has 1 saturated carbocycles. The van der Waals surface area contributed by atoms with Crippen molar-refractivity contribution < 1.29 is 0 Å². The molecular weight excluding hydrogens is 188 g/mol. The Labute approximate surface area is 92.9 Å². The van der Waals surface area contributed by atoms with Crippen molar-refractivity contribution in [2.24, 2.45) is 22.7 Å². The van der Waals surface area contributed by atoms with Crippen molar-refractivity contribution in [2.45, 2.75) is 33.1 Å². The van der Waals surface area contributed by atoms with Crippen LogP contribution in [0, 0.1) is 11.8 Å². The van der Waals surface area contributed by atoms with E-state index < -0.39 is 0 Å². The molecule has 3 N–H and O–H groups in total. The zero-order valence-electron chi connectivity index (χ0n) is 10.2. The van der Waals surface area contributed by atoms with Crippen LogP contribution in [0.4, 0.5) is 0 Å². The van der Waals surface area contributed by atoms with Gasteiger partial charge < -0.3 is 4.90 Å². The molecule has 0 amide bonds. The zero-order valence-corrected chi connectivity index (χ0v) is 10.2. The third kappa shape index (κ3) is 4.08. The second-order valence-corrected chi connectivity index (χ2v) is 4.88. The predicted molar refractivity (Wildman–Crippen MR) is 64.4 cm³/mol. The first-order valence-electron chi connectivity index (χ1n) is 5.85. The summed E-state index contributed by atoms with van der Waals surface area (Å²) >= 11 is 0. The lowest BCUT2D eigenvalue weighted by molar-refractivity contribution is 0.255. The summed E-state index contributed by atoms with van der Waals surface area (Å²) < 4.78 is 0. The van der Waals surface area contributed by atoms with Crippen LogP contribution in [0.3, 0.4) is 0 Å². The molecule has 0 aliphatic heterocycles. The summed E-state index contributed by atoms with van der Waals surface area (Å²) in [5.41, 5.74) is 2.69. The SMILES string of the molecule is CC(C)CN=C(NN)N(C)CC1CCC1. The Morgan fingerprint density at radius 3 is 2.60 bits per heavy atom. The minimum Gasteiger partial charge on any atom is -0.345 e. The molecule has 0 spiro atoms. The molecule has 1 fully saturated rings. The van der Waals surface area contributed by atoms with Crippen molar-refractivity contribution in [3.05, 3.63) is 0 Å². The normalized spacial score (nSPS) is 17.8. The number of nitrogens with one attached hydrogen (secondary N) is 1. The largest absolute Gasteiger partial charge is 0.345 e. The first kappa shape index (κ1) is 12.3. The van der Waals surface area contributed by atoms with Gasteiger partial charge in [-0.15, -0.1) is 0 Å². The maximum atomic E-state index is 5.47. The second-order valence-electron chi connectivity index (χ2n) is 4.88. The molecular formula is C11H24N4. The molecule has 0 aromatic rings. The Hall–Kier alpha value is -0.770. The number of nitrogens with two attached hydrogens (primary N) is 1. The van der Waals surface area contributed by atoms with E-state index in [1.165, 1.54) is 19.3 Å². The summed E-state index contributed by atoms with van der Waals surface area (Å²) in [4.78, 5) is 6.59. The Balaban J connectivity index is 2.37. The second kappa shape index (κ2) is 5.95. The fourth-order valence-electron chi connectivity index (χ4n) is 1.69. The molecule has 0 radical (unpaired) electrons. The van der Waals surface area contributed by atoms with E-state index in [1.807, 2.05) is 0 Å². The summed E-state index contributed by atoms with van der Waals surface area (Å²) in [6, 6.07) is 0. The summed E-state index contributed by atoms with van der Waals surface area (Å²) in [7, 11) is 2.05. The molecule has 0 saturated heterocycles. The molecule has 1 aliphatic rings. The molecule has 88 valence electrons. The number of guanidine groups is 1. The third-order valence-corrected chi connectivity index (χ3v) is 2.85. The van der Waals surface area contributed by atoms with Crippen LogP contribution >= 0.6 is 0 Å². The Kier molecular flexibility index (Phi) is 4.88. The van der Waals surface area contributed by atoms with Gasteiger partial charge in [-0.1, -0.05) is 20.3 Å². The van der Waals surface area contributed by atoms with E-state index in [9.17, 15) is 0 Å². The first-order valence-corrected chi connectivity index (χ1v) is 5.85. The van der Waals surface area contributed by atoms with Gasteiger partial charge in [0.05, 0.1) is 0 Å². The molecule has 15 heavy (non-hydrogen) atoms. The van der Waals surface area contributed by atoms with Crippen molar-refractivity contribution in [3.63, 3.8) is 0 Å². The lowest BCUT2D eigenvalue weighted by atomic mass is 9.85. The lowest BCUT2D eigenvalue weighted by Crippen LogP contribution is -2.45. The van der Waals surface area contributed by atoms with Gasteiger partial charge in [0.2, 0.25) is 5.96 Å². The molecule has 0 aromatic heterocycles. The number of nitrogens with zero attached hydrogens (tertiary/aromatic N) is 2. The van der Waals surface area contributed by atoms with Crippen LogP contribution in [0.25, 0.3) is 0 Å². The molecule has 0 atom stereocenters. The monoisotopic (exact) mass is 212 g/mol. The van der Waals surface area contributed by atoms with Crippen molar-refractivity contribution in [1.29, 1.82) is 0 Å². The van der Waals surface area contributed by atoms with Crippen LogP contribution in [-0.2, 0) is 0 Å². The highest BCUT2D eigenvalue weighted by Gasteiger charge is 2.20. The van der Waals surface area contributed by atoms with E-state index >= 15 is 0 Å². The van der Waals surface area contributed by atoms with Crippen LogP contribution in [-0.4, -0.2) is 31.0 Å². The minimum atomic E-state index is 0.574. The highest BCUT2D eigenvalue weighted by molar-refractivity contribution is 5.79. The average molecular weight is 212 g/mol. The van der Waals surface area contributed by atoms with E-state index in [0.717, 1.165) is 25.0 Å². The molecule has 0 heterocycles. The van der Waals surface area contributed by atoms with Gasteiger partial charge in [-0.05, 0) is 24.7 Å². The number of aliphatic imine (C=N–C) groups is 1. The van der Waals surface area contributed by atoms with Gasteiger partial charge in [0.25, 0.3) is 0 Å². The molecule has 0 bridgehead atoms. The van der Waals surface area contributed by atoms with E-state index in [4.69, 9.17) is 5.84 Å². The molecule has 0 unspecified atom stereocenters. The number of rotatable bonds is 4. The van der Waals surface area contributed by atoms with Gasteiger partial charge in [-0.25, -0.2) is 5.84 Å². The molecule has 4 nitrogen and oxygen atoms in total. The standard InChI is InChI=1S/C11H24N4/c1-9(2)7-13-11(14-12)15(3)8-10-5-4-6-10/h9-10H,4-8,12H2,1-3H3,(H,13,14). The molecule has 1 rings (SSSR count).